The van der Waals surface area contributed by atoms with E-state index in [0.717, 1.165) is 16.9 Å². The molecule has 2 rings (SSSR count). The summed E-state index contributed by atoms with van der Waals surface area (Å²) < 4.78 is 11.0. The number of hydrogen-bond acceptors (Lipinski definition) is 5. The van der Waals surface area contributed by atoms with Crippen molar-refractivity contribution in [3.8, 4) is 5.75 Å². The predicted octanol–water partition coefficient (Wildman–Crippen LogP) is 1.43. The quantitative estimate of drug-likeness (QED) is 0.477. The van der Waals surface area contributed by atoms with Gasteiger partial charge in [-0.15, -0.1) is 0 Å². The molecule has 4 atom stereocenters. The largest absolute Gasteiger partial charge is 0.497 e. The second kappa shape index (κ2) is 7.56. The zero-order chi connectivity index (χ0) is 18.8. The maximum Gasteiger partial charge on any atom is 0.331 e. The molecule has 0 bridgehead atoms. The Kier molecular flexibility index (Phi) is 5.87. The van der Waals surface area contributed by atoms with Crippen molar-refractivity contribution in [2.75, 3.05) is 27.8 Å². The highest BCUT2D eigenvalue weighted by Gasteiger charge is 2.58. The van der Waals surface area contributed by atoms with Crippen molar-refractivity contribution < 1.29 is 29.0 Å². The van der Waals surface area contributed by atoms with Crippen LogP contribution >= 0.6 is 0 Å². The highest BCUT2D eigenvalue weighted by Crippen LogP contribution is 2.42. The molecule has 1 aromatic rings. The van der Waals surface area contributed by atoms with Gasteiger partial charge in [-0.25, -0.2) is 4.79 Å². The third-order valence-electron chi connectivity index (χ3n) is 4.91. The molecule has 1 aliphatic rings. The van der Waals surface area contributed by atoms with Crippen LogP contribution < -0.4 is 4.74 Å². The van der Waals surface area contributed by atoms with E-state index in [4.69, 9.17) is 9.47 Å². The summed E-state index contributed by atoms with van der Waals surface area (Å²) >= 11 is 0. The van der Waals surface area contributed by atoms with Crippen LogP contribution in [0.1, 0.15) is 25.5 Å². The normalized spacial score (nSPS) is 27.6. The molecule has 1 fully saturated rings. The van der Waals surface area contributed by atoms with Gasteiger partial charge in [-0.1, -0.05) is 5.57 Å². The molecule has 2 N–H and O–H groups in total. The lowest BCUT2D eigenvalue weighted by molar-refractivity contribution is -0.934. The number of likely N-dealkylation sites (N-methyl/N-ethyl adjacent to an activating group) is 1. The third kappa shape index (κ3) is 3.86. The number of methoxy groups -OCH3 is 1. The summed E-state index contributed by atoms with van der Waals surface area (Å²) in [4.78, 5) is 12.0. The summed E-state index contributed by atoms with van der Waals surface area (Å²) in [6.07, 6.45) is -0.313. The summed E-state index contributed by atoms with van der Waals surface area (Å²) in [7, 11) is 5.45. The Morgan fingerprint density at radius 2 is 1.84 bits per heavy atom. The number of rotatable bonds is 5. The summed E-state index contributed by atoms with van der Waals surface area (Å²) in [5.41, 5.74) is 1.72. The number of hydrogen-bond donors (Lipinski definition) is 2. The van der Waals surface area contributed by atoms with Gasteiger partial charge in [-0.2, -0.15) is 0 Å². The van der Waals surface area contributed by atoms with Crippen LogP contribution in [0.4, 0.5) is 0 Å². The standard InChI is InChI=1S/C19H28NO5/c1-12(2)10-16(22)25-19-15(11-21)20(3,4)17(18(19)23)13-6-8-14(24-5)9-7-13/h6-10,15,17-19,21,23H,11H2,1-5H3/q+1/t15-,17-,18-,19-/m1/s1. The smallest absolute Gasteiger partial charge is 0.331 e. The van der Waals surface area contributed by atoms with E-state index in [9.17, 15) is 15.0 Å². The Hall–Kier alpha value is -1.89. The number of carbonyl (C=O) groups excluding carboxylic acids is 1. The SMILES string of the molecule is COc1ccc([C@@H]2[C@@H](O)[C@H](OC(=O)C=C(C)C)[C@@H](CO)[N+]2(C)C)cc1. The van der Waals surface area contributed by atoms with Crippen LogP contribution in [0.5, 0.6) is 5.75 Å². The van der Waals surface area contributed by atoms with Crippen molar-refractivity contribution in [3.05, 3.63) is 41.5 Å². The van der Waals surface area contributed by atoms with E-state index in [1.807, 2.05) is 38.4 Å². The van der Waals surface area contributed by atoms with E-state index in [0.29, 0.717) is 4.48 Å². The van der Waals surface area contributed by atoms with Gasteiger partial charge in [0.25, 0.3) is 0 Å². The maximum absolute atomic E-state index is 12.0. The average Bonchev–Trinajstić information content (AvgIpc) is 2.72. The zero-order valence-electron chi connectivity index (χ0n) is 15.5. The van der Waals surface area contributed by atoms with Gasteiger partial charge < -0.3 is 24.2 Å². The lowest BCUT2D eigenvalue weighted by Crippen LogP contribution is -2.51. The van der Waals surface area contributed by atoms with Crippen LogP contribution in [-0.4, -0.2) is 66.7 Å². The summed E-state index contributed by atoms with van der Waals surface area (Å²) in [6.45, 7) is 3.41. The zero-order valence-corrected chi connectivity index (χ0v) is 15.5. The van der Waals surface area contributed by atoms with Crippen LogP contribution in [0.15, 0.2) is 35.9 Å². The monoisotopic (exact) mass is 350 g/mol. The molecular formula is C19H28NO5+. The molecule has 0 spiro atoms. The van der Waals surface area contributed by atoms with Gasteiger partial charge in [-0.05, 0) is 38.1 Å². The molecular weight excluding hydrogens is 322 g/mol. The minimum Gasteiger partial charge on any atom is -0.497 e. The van der Waals surface area contributed by atoms with E-state index < -0.39 is 24.2 Å². The molecule has 0 aliphatic carbocycles. The second-order valence-corrected chi connectivity index (χ2v) is 7.21. The van der Waals surface area contributed by atoms with E-state index in [1.165, 1.54) is 6.08 Å². The molecule has 0 radical (unpaired) electrons. The van der Waals surface area contributed by atoms with E-state index >= 15 is 0 Å². The van der Waals surface area contributed by atoms with Crippen LogP contribution in [-0.2, 0) is 9.53 Å². The highest BCUT2D eigenvalue weighted by molar-refractivity contribution is 5.82. The molecule has 1 heterocycles. The number of esters is 1. The lowest BCUT2D eigenvalue weighted by atomic mass is 10.00. The molecule has 6 nitrogen and oxygen atoms in total. The van der Waals surface area contributed by atoms with Gasteiger partial charge in [0.05, 0.1) is 27.8 Å². The molecule has 0 saturated carbocycles. The van der Waals surface area contributed by atoms with E-state index in [1.54, 1.807) is 21.0 Å². The first-order valence-corrected chi connectivity index (χ1v) is 8.34. The van der Waals surface area contributed by atoms with Crippen LogP contribution in [0, 0.1) is 0 Å². The maximum atomic E-state index is 12.0. The van der Waals surface area contributed by atoms with Crippen molar-refractivity contribution in [2.45, 2.75) is 38.1 Å². The predicted molar refractivity (Wildman–Crippen MR) is 94.0 cm³/mol. The Bertz CT molecular complexity index is 634. The Balaban J connectivity index is 2.34. The number of nitrogens with zero attached hydrogens (tertiary/aromatic N) is 1. The van der Waals surface area contributed by atoms with Gasteiger partial charge in [0, 0.05) is 11.6 Å². The van der Waals surface area contributed by atoms with Crippen molar-refractivity contribution in [3.63, 3.8) is 0 Å². The number of likely N-dealkylation sites (tertiary alicyclic amines) is 1. The van der Waals surface area contributed by atoms with Crippen molar-refractivity contribution in [2.24, 2.45) is 0 Å². The Morgan fingerprint density at radius 3 is 2.32 bits per heavy atom. The Morgan fingerprint density at radius 1 is 1.24 bits per heavy atom. The van der Waals surface area contributed by atoms with Gasteiger partial charge in [-0.3, -0.25) is 0 Å². The van der Waals surface area contributed by atoms with Crippen molar-refractivity contribution in [1.29, 1.82) is 0 Å². The molecule has 1 aliphatic heterocycles. The number of carbonyl (C=O) groups is 1. The fourth-order valence-electron chi connectivity index (χ4n) is 3.63. The number of allylic oxidation sites excluding steroid dienone is 1. The van der Waals surface area contributed by atoms with Crippen LogP contribution in [0.3, 0.4) is 0 Å². The van der Waals surface area contributed by atoms with Gasteiger partial charge in [0.2, 0.25) is 0 Å². The summed E-state index contributed by atoms with van der Waals surface area (Å²) in [5.74, 6) is 0.227. The van der Waals surface area contributed by atoms with Gasteiger partial charge >= 0.3 is 5.97 Å². The first-order chi connectivity index (χ1) is 11.7. The molecule has 0 amide bonds. The Labute approximate surface area is 148 Å². The van der Waals surface area contributed by atoms with Gasteiger partial charge in [0.15, 0.2) is 18.2 Å². The molecule has 138 valence electrons. The highest BCUT2D eigenvalue weighted by atomic mass is 16.6. The molecule has 25 heavy (non-hydrogen) atoms. The topological polar surface area (TPSA) is 76.0 Å². The fraction of sp³-hybridized carbons (Fsp3) is 0.526. The molecule has 1 aromatic carbocycles. The van der Waals surface area contributed by atoms with E-state index in [-0.39, 0.29) is 12.6 Å². The first-order valence-electron chi connectivity index (χ1n) is 8.34. The fourth-order valence-corrected chi connectivity index (χ4v) is 3.63. The summed E-state index contributed by atoms with van der Waals surface area (Å²) in [5, 5.41) is 20.8. The van der Waals surface area contributed by atoms with Gasteiger partial charge in [0.1, 0.15) is 11.8 Å². The molecule has 0 unspecified atom stereocenters. The minimum absolute atomic E-state index is 0.191. The van der Waals surface area contributed by atoms with Crippen LogP contribution in [0.2, 0.25) is 0 Å². The second-order valence-electron chi connectivity index (χ2n) is 7.21. The van der Waals surface area contributed by atoms with Crippen molar-refractivity contribution >= 4 is 5.97 Å². The number of aliphatic hydroxyl groups is 2. The molecule has 6 heteroatoms. The third-order valence-corrected chi connectivity index (χ3v) is 4.91. The van der Waals surface area contributed by atoms with Crippen LogP contribution in [0.25, 0.3) is 0 Å². The molecule has 1 saturated heterocycles. The number of quaternary nitrogens is 1. The lowest BCUT2D eigenvalue weighted by Gasteiger charge is -2.37. The van der Waals surface area contributed by atoms with Crippen molar-refractivity contribution in [1.82, 2.24) is 0 Å². The number of benzene rings is 1. The molecule has 0 aromatic heterocycles. The minimum atomic E-state index is -0.921. The first kappa shape index (κ1) is 19.4. The summed E-state index contributed by atoms with van der Waals surface area (Å²) in [6, 6.07) is 6.70. The average molecular weight is 350 g/mol. The van der Waals surface area contributed by atoms with E-state index in [2.05, 4.69) is 0 Å². The number of ether oxygens (including phenoxy) is 2. The number of aliphatic hydroxyl groups excluding tert-OH is 2.